The highest BCUT2D eigenvalue weighted by Gasteiger charge is 2.32. The molecule has 2 aromatic carbocycles. The molecular formula is C17H17BrN2O. The molecule has 1 aliphatic rings. The third kappa shape index (κ3) is 2.68. The third-order valence-electron chi connectivity index (χ3n) is 3.70. The van der Waals surface area contributed by atoms with Crippen LogP contribution in [-0.4, -0.2) is 5.91 Å². The van der Waals surface area contributed by atoms with Gasteiger partial charge in [-0.2, -0.15) is 0 Å². The van der Waals surface area contributed by atoms with Gasteiger partial charge in [0.25, 0.3) is 5.91 Å². The molecule has 2 N–H and O–H groups in total. The highest BCUT2D eigenvalue weighted by molar-refractivity contribution is 9.10. The van der Waals surface area contributed by atoms with Crippen molar-refractivity contribution in [3.63, 3.8) is 0 Å². The summed E-state index contributed by atoms with van der Waals surface area (Å²) in [5.41, 5.74) is 4.13. The Balaban J connectivity index is 1.95. The van der Waals surface area contributed by atoms with E-state index in [1.54, 1.807) is 0 Å². The van der Waals surface area contributed by atoms with Crippen LogP contribution in [0.4, 0.5) is 11.4 Å². The molecule has 1 aliphatic heterocycles. The zero-order valence-electron chi connectivity index (χ0n) is 11.8. The van der Waals surface area contributed by atoms with Crippen molar-refractivity contribution in [1.29, 1.82) is 0 Å². The average molecular weight is 345 g/mol. The first-order valence-corrected chi connectivity index (χ1v) is 7.93. The van der Waals surface area contributed by atoms with Gasteiger partial charge in [0.2, 0.25) is 0 Å². The van der Waals surface area contributed by atoms with E-state index in [1.165, 1.54) is 5.56 Å². The van der Waals surface area contributed by atoms with Gasteiger partial charge in [0.15, 0.2) is 0 Å². The lowest BCUT2D eigenvalue weighted by molar-refractivity contribution is -0.116. The second-order valence-corrected chi connectivity index (χ2v) is 6.03. The highest BCUT2D eigenvalue weighted by atomic mass is 79.9. The first-order valence-electron chi connectivity index (χ1n) is 7.14. The number of aryl methyl sites for hydroxylation is 1. The summed E-state index contributed by atoms with van der Waals surface area (Å²) in [5, 5.41) is 6.33. The quantitative estimate of drug-likeness (QED) is 0.856. The molecule has 108 valence electrons. The number of amides is 1. The molecule has 1 unspecified atom stereocenters. The summed E-state index contributed by atoms with van der Waals surface area (Å²) in [4.78, 5) is 12.3. The standard InChI is InChI=1S/C17H17BrN2O/c1-2-6-11-7-3-4-9-13(11)19-16-15-12(18)8-5-10-14(15)20-17(16)21/h3-5,7-10,16,19H,2,6H2,1H3,(H,20,21). The van der Waals surface area contributed by atoms with E-state index in [0.29, 0.717) is 0 Å². The van der Waals surface area contributed by atoms with Crippen LogP contribution in [0.25, 0.3) is 0 Å². The maximum Gasteiger partial charge on any atom is 0.251 e. The predicted molar refractivity (Wildman–Crippen MR) is 89.6 cm³/mol. The maximum absolute atomic E-state index is 12.3. The number of fused-ring (bicyclic) bond motifs is 1. The van der Waals surface area contributed by atoms with Crippen LogP contribution in [0.5, 0.6) is 0 Å². The molecule has 0 aromatic heterocycles. The van der Waals surface area contributed by atoms with E-state index >= 15 is 0 Å². The molecule has 3 rings (SSSR count). The minimum atomic E-state index is -0.353. The number of halogens is 1. The topological polar surface area (TPSA) is 41.1 Å². The van der Waals surface area contributed by atoms with Gasteiger partial charge in [-0.25, -0.2) is 0 Å². The van der Waals surface area contributed by atoms with Gasteiger partial charge in [-0.05, 0) is 30.2 Å². The second kappa shape index (κ2) is 5.90. The largest absolute Gasteiger partial charge is 0.370 e. The normalized spacial score (nSPS) is 16.5. The summed E-state index contributed by atoms with van der Waals surface area (Å²) in [6, 6.07) is 13.6. The summed E-state index contributed by atoms with van der Waals surface area (Å²) < 4.78 is 0.948. The Morgan fingerprint density at radius 3 is 2.81 bits per heavy atom. The first kappa shape index (κ1) is 14.1. The van der Waals surface area contributed by atoms with Crippen LogP contribution in [0.15, 0.2) is 46.9 Å². The molecule has 0 saturated heterocycles. The Kier molecular flexibility index (Phi) is 3.97. The fourth-order valence-corrected chi connectivity index (χ4v) is 3.31. The van der Waals surface area contributed by atoms with Gasteiger partial charge in [0.1, 0.15) is 6.04 Å². The average Bonchev–Trinajstić information content (AvgIpc) is 2.79. The molecule has 1 heterocycles. The van der Waals surface area contributed by atoms with Gasteiger partial charge < -0.3 is 10.6 Å². The molecular weight excluding hydrogens is 328 g/mol. The number of nitrogens with one attached hydrogen (secondary N) is 2. The number of anilines is 2. The Morgan fingerprint density at radius 1 is 1.19 bits per heavy atom. The van der Waals surface area contributed by atoms with Crippen LogP contribution in [0.1, 0.15) is 30.5 Å². The monoisotopic (exact) mass is 344 g/mol. The van der Waals surface area contributed by atoms with E-state index in [0.717, 1.165) is 34.3 Å². The van der Waals surface area contributed by atoms with Crippen molar-refractivity contribution in [2.24, 2.45) is 0 Å². The van der Waals surface area contributed by atoms with E-state index < -0.39 is 0 Å². The van der Waals surface area contributed by atoms with Gasteiger partial charge >= 0.3 is 0 Å². The zero-order chi connectivity index (χ0) is 14.8. The van der Waals surface area contributed by atoms with Crippen LogP contribution >= 0.6 is 15.9 Å². The van der Waals surface area contributed by atoms with Crippen molar-refractivity contribution in [1.82, 2.24) is 0 Å². The lowest BCUT2D eigenvalue weighted by Gasteiger charge is -2.17. The van der Waals surface area contributed by atoms with Gasteiger partial charge in [-0.3, -0.25) is 4.79 Å². The van der Waals surface area contributed by atoms with Gasteiger partial charge in [0.05, 0.1) is 0 Å². The molecule has 0 spiro atoms. The molecule has 0 radical (unpaired) electrons. The molecule has 21 heavy (non-hydrogen) atoms. The second-order valence-electron chi connectivity index (χ2n) is 5.17. The molecule has 0 bridgehead atoms. The van der Waals surface area contributed by atoms with Crippen LogP contribution in [0.3, 0.4) is 0 Å². The predicted octanol–water partition coefficient (Wildman–Crippen LogP) is 4.51. The SMILES string of the molecule is CCCc1ccccc1NC1C(=O)Nc2cccc(Br)c21. The van der Waals surface area contributed by atoms with Crippen LogP contribution < -0.4 is 10.6 Å². The van der Waals surface area contributed by atoms with Crippen LogP contribution in [0, 0.1) is 0 Å². The van der Waals surface area contributed by atoms with E-state index in [-0.39, 0.29) is 11.9 Å². The minimum Gasteiger partial charge on any atom is -0.370 e. The molecule has 1 atom stereocenters. The Morgan fingerprint density at radius 2 is 2.00 bits per heavy atom. The number of carbonyl (C=O) groups is 1. The van der Waals surface area contributed by atoms with Gasteiger partial charge in [-0.1, -0.05) is 53.5 Å². The number of carbonyl (C=O) groups excluding carboxylic acids is 1. The molecule has 4 heteroatoms. The van der Waals surface area contributed by atoms with Crippen LogP contribution in [0.2, 0.25) is 0 Å². The smallest absolute Gasteiger partial charge is 0.251 e. The van der Waals surface area contributed by atoms with Crippen molar-refractivity contribution in [2.75, 3.05) is 10.6 Å². The molecule has 3 nitrogen and oxygen atoms in total. The van der Waals surface area contributed by atoms with Crippen molar-refractivity contribution in [3.05, 3.63) is 58.1 Å². The number of hydrogen-bond acceptors (Lipinski definition) is 2. The van der Waals surface area contributed by atoms with E-state index in [4.69, 9.17) is 0 Å². The number of rotatable bonds is 4. The molecule has 1 amide bonds. The highest BCUT2D eigenvalue weighted by Crippen LogP contribution is 2.38. The molecule has 0 aliphatic carbocycles. The number of hydrogen-bond donors (Lipinski definition) is 2. The van der Waals surface area contributed by atoms with E-state index in [1.807, 2.05) is 36.4 Å². The van der Waals surface area contributed by atoms with Crippen molar-refractivity contribution in [2.45, 2.75) is 25.8 Å². The van der Waals surface area contributed by atoms with Crippen molar-refractivity contribution >= 4 is 33.2 Å². The zero-order valence-corrected chi connectivity index (χ0v) is 13.4. The Bertz CT molecular complexity index is 684. The van der Waals surface area contributed by atoms with Crippen molar-refractivity contribution in [3.8, 4) is 0 Å². The number of para-hydroxylation sites is 1. The third-order valence-corrected chi connectivity index (χ3v) is 4.39. The first-order chi connectivity index (χ1) is 10.2. The van der Waals surface area contributed by atoms with Gasteiger partial charge in [-0.15, -0.1) is 0 Å². The lowest BCUT2D eigenvalue weighted by Crippen LogP contribution is -2.20. The maximum atomic E-state index is 12.3. The fraction of sp³-hybridized carbons (Fsp3) is 0.235. The fourth-order valence-electron chi connectivity index (χ4n) is 2.72. The molecule has 0 fully saturated rings. The van der Waals surface area contributed by atoms with E-state index in [9.17, 15) is 4.79 Å². The summed E-state index contributed by atoms with van der Waals surface area (Å²) in [5.74, 6) is -0.0109. The molecule has 2 aromatic rings. The number of benzene rings is 2. The van der Waals surface area contributed by atoms with Gasteiger partial charge in [0, 0.05) is 21.4 Å². The Hall–Kier alpha value is -1.81. The summed E-state index contributed by atoms with van der Waals surface area (Å²) >= 11 is 3.55. The van der Waals surface area contributed by atoms with Crippen LogP contribution in [-0.2, 0) is 11.2 Å². The molecule has 0 saturated carbocycles. The summed E-state index contributed by atoms with van der Waals surface area (Å²) in [7, 11) is 0. The lowest BCUT2D eigenvalue weighted by atomic mass is 10.0. The van der Waals surface area contributed by atoms with Crippen molar-refractivity contribution < 1.29 is 4.79 Å². The van der Waals surface area contributed by atoms with E-state index in [2.05, 4.69) is 39.6 Å². The summed E-state index contributed by atoms with van der Waals surface area (Å²) in [6.07, 6.45) is 2.08. The summed E-state index contributed by atoms with van der Waals surface area (Å²) in [6.45, 7) is 2.16. The Labute approximate surface area is 132 Å². The minimum absolute atomic E-state index is 0.0109.